The fraction of sp³-hybridized carbons (Fsp3) is 0.340. The van der Waals surface area contributed by atoms with E-state index in [9.17, 15) is 37.9 Å². The van der Waals surface area contributed by atoms with E-state index in [0.717, 1.165) is 103 Å². The third-order valence-electron chi connectivity index (χ3n) is 25.7. The highest BCUT2D eigenvalue weighted by atomic mass is 79.9. The molecule has 0 radical (unpaired) electrons. The number of fused-ring (bicyclic) bond motifs is 4. The second kappa shape index (κ2) is 41.1. The van der Waals surface area contributed by atoms with Crippen molar-refractivity contribution in [3.63, 3.8) is 0 Å². The number of alkyl halides is 2. The number of hydrogen-bond acceptors (Lipinski definition) is 22. The standard InChI is InChI=1S/C26H29N5O.C25H23BrFN5O2.C23H23N5O3S.C20H23BrFN5O3.O2S/c1-3-18-9-11-19(12-10-18)24-23(17(2)32)25(27)31-26(29-24)22(15-28-31)20-13-14-30(16-20)21-7-5-4-6-8-21;26-20-22(16-8-6-15(7-9-16)21(27)25(33)34)31-24-18(13-30-32(24)23(20)28)17-10-11-19(29-12-17)14-4-2-1-3-5-14;1-13(29)19-20(14-2-4-15(5-3-14)23(30)31)26-22-18(10-25-28(22)21(19)24)16-6-8-27(11-16)17-7-9-32-12-17;21-15-17(12-3-1-11(2-4-12)16(22)20(29)30)25-19-14(9-24-27(19)18(15)23)13-5-6-26(10-13)7-8-28;1-3-2/h4-8,13-16,18-19H,3,9-12,27H2,1-2H3;1-5,10-13,15-16,21H,6-9,28H2,(H,33,34);6-12,14-15H,2-5,24H2,1H3,(H,30,31);5-6,9-12,16,28H,1-4,7-8,23H2,(H,29,30);. The van der Waals surface area contributed by atoms with Crippen LogP contribution in [-0.4, -0.2) is 154 Å². The van der Waals surface area contributed by atoms with Crippen molar-refractivity contribution in [2.75, 3.05) is 29.5 Å². The number of ketones is 2. The van der Waals surface area contributed by atoms with Gasteiger partial charge in [0.15, 0.2) is 46.5 Å². The first kappa shape index (κ1) is 92.9. The molecule has 4 fully saturated rings. The van der Waals surface area contributed by atoms with E-state index in [-0.39, 0.29) is 53.6 Å². The van der Waals surface area contributed by atoms with Gasteiger partial charge in [0.1, 0.15) is 23.3 Å². The molecule has 12 N–H and O–H groups in total. The molecule has 0 aliphatic heterocycles. The average Bonchev–Trinajstić information content (AvgIpc) is 1.68. The molecule has 31 nitrogen and oxygen atoms in total. The number of aliphatic hydroxyl groups excluding tert-OH is 1. The van der Waals surface area contributed by atoms with Gasteiger partial charge in [0.25, 0.3) is 0 Å². The van der Waals surface area contributed by atoms with Crippen molar-refractivity contribution in [3.8, 4) is 67.1 Å². The molecule has 2 aromatic carbocycles. The van der Waals surface area contributed by atoms with Crippen molar-refractivity contribution in [2.24, 2.45) is 23.7 Å². The number of carbonyl (C=O) groups is 5. The lowest BCUT2D eigenvalue weighted by atomic mass is 9.78. The van der Waals surface area contributed by atoms with Gasteiger partial charge in [-0.3, -0.25) is 19.4 Å². The summed E-state index contributed by atoms with van der Waals surface area (Å²) in [6, 6.07) is 32.1. The molecule has 37 heteroatoms. The van der Waals surface area contributed by atoms with Crippen LogP contribution in [0.5, 0.6) is 0 Å². The zero-order valence-electron chi connectivity index (χ0n) is 71.9. The highest BCUT2D eigenvalue weighted by Gasteiger charge is 2.38. The van der Waals surface area contributed by atoms with Crippen LogP contribution in [0.25, 0.3) is 89.7 Å². The Kier molecular flexibility index (Phi) is 29.1. The predicted octanol–water partition coefficient (Wildman–Crippen LogP) is 18.1. The van der Waals surface area contributed by atoms with E-state index in [4.69, 9.17) is 66.6 Å². The van der Waals surface area contributed by atoms with E-state index in [2.05, 4.69) is 98.5 Å². The maximum absolute atomic E-state index is 14.0. The van der Waals surface area contributed by atoms with Gasteiger partial charge in [-0.25, -0.2) is 38.3 Å². The second-order valence-electron chi connectivity index (χ2n) is 33.6. The van der Waals surface area contributed by atoms with E-state index in [0.29, 0.717) is 149 Å². The van der Waals surface area contributed by atoms with Crippen LogP contribution in [0.3, 0.4) is 0 Å². The molecular formula is C94H98Br2F2N20O11S2. The minimum absolute atomic E-state index is 0.00467. The SMILES string of the molecule is CC(=O)c1c(C2CCC(C(=O)O)CC2)nc2c(-c3ccn(-c4ccsc4)c3)cnn2c1N.CCC1CCC(c2nc3c(-c4ccn(-c5ccccc5)c4)cnn3c(N)c2C(C)=O)CC1.Nc1c(Br)c(C2CCC(C(F)C(=O)O)CC2)nc2c(-c3ccc(-c4ccccc4)nc3)cnn12.Nc1c(Br)c(C2CCC(C(F)C(=O)O)CC2)nc2c(-c3ccn(CCO)c3)cnn12.O=S=O. The first-order valence-electron chi connectivity index (χ1n) is 43.4. The van der Waals surface area contributed by atoms with Crippen LogP contribution >= 0.6 is 43.2 Å². The van der Waals surface area contributed by atoms with Crippen LogP contribution in [0.2, 0.25) is 0 Å². The van der Waals surface area contributed by atoms with E-state index >= 15 is 0 Å². The van der Waals surface area contributed by atoms with E-state index < -0.39 is 53.7 Å². The minimum atomic E-state index is -1.82. The normalized spacial score (nSPS) is 19.0. The highest BCUT2D eigenvalue weighted by molar-refractivity contribution is 9.11. The lowest BCUT2D eigenvalue weighted by molar-refractivity contribution is -0.146. The number of halogens is 4. The molecule has 4 aliphatic carbocycles. The largest absolute Gasteiger partial charge is 0.481 e. The summed E-state index contributed by atoms with van der Waals surface area (Å²) in [5.41, 5.74) is 43.5. The van der Waals surface area contributed by atoms with Crippen molar-refractivity contribution in [1.82, 2.24) is 77.1 Å². The summed E-state index contributed by atoms with van der Waals surface area (Å²) < 4.78 is 58.1. The first-order chi connectivity index (χ1) is 63.2. The zero-order chi connectivity index (χ0) is 92.6. The molecule has 4 saturated carbocycles. The number of benzene rings is 2. The van der Waals surface area contributed by atoms with Gasteiger partial charge in [-0.15, -0.1) is 0 Å². The Labute approximate surface area is 775 Å². The van der Waals surface area contributed by atoms with Gasteiger partial charge < -0.3 is 57.1 Å². The smallest absolute Gasteiger partial charge is 0.338 e. The number of anilines is 4. The Morgan fingerprint density at radius 1 is 0.473 bits per heavy atom. The van der Waals surface area contributed by atoms with Crippen LogP contribution < -0.4 is 22.9 Å². The Morgan fingerprint density at radius 2 is 0.870 bits per heavy atom. The third-order valence-corrected chi connectivity index (χ3v) is 28.0. The Balaban J connectivity index is 0.000000132. The number of aliphatic carboxylic acids is 3. The van der Waals surface area contributed by atoms with E-state index in [1.165, 1.54) is 30.7 Å². The Bertz CT molecular complexity index is 6680. The number of pyridine rings is 1. The number of para-hydroxylation sites is 1. The topological polar surface area (TPSA) is 453 Å². The molecule has 13 heterocycles. The fourth-order valence-corrected chi connectivity index (χ4v) is 20.4. The van der Waals surface area contributed by atoms with Gasteiger partial charge >= 0.3 is 29.5 Å². The van der Waals surface area contributed by atoms with Crippen LogP contribution in [0.1, 0.15) is 197 Å². The summed E-state index contributed by atoms with van der Waals surface area (Å²) in [5, 5.41) is 58.2. The molecule has 15 aromatic rings. The fourth-order valence-electron chi connectivity index (χ4n) is 18.6. The molecular weight excluding hydrogens is 1850 g/mol. The highest BCUT2D eigenvalue weighted by Crippen LogP contribution is 2.47. The van der Waals surface area contributed by atoms with Gasteiger partial charge in [0, 0.05) is 147 Å². The molecule has 19 rings (SSSR count). The van der Waals surface area contributed by atoms with Crippen molar-refractivity contribution in [2.45, 2.75) is 172 Å². The quantitative estimate of drug-likeness (QED) is 0.0310. The lowest BCUT2D eigenvalue weighted by Gasteiger charge is -2.29. The zero-order valence-corrected chi connectivity index (χ0v) is 76.7. The summed E-state index contributed by atoms with van der Waals surface area (Å²) in [5.74, 6) is -2.30. The monoisotopic (exact) mass is 1940 g/mol. The van der Waals surface area contributed by atoms with E-state index in [1.54, 1.807) is 62.8 Å². The number of thiophene rings is 1. The number of nitrogen functional groups attached to an aromatic ring is 4. The van der Waals surface area contributed by atoms with E-state index in [1.807, 2.05) is 124 Å². The van der Waals surface area contributed by atoms with Crippen molar-refractivity contribution < 1.29 is 61.6 Å². The number of aliphatic hydroxyl groups is 1. The molecule has 680 valence electrons. The number of hydrogen-bond donors (Lipinski definition) is 8. The molecule has 0 saturated heterocycles. The van der Waals surface area contributed by atoms with Crippen LogP contribution in [0.4, 0.5) is 32.1 Å². The minimum Gasteiger partial charge on any atom is -0.481 e. The third kappa shape index (κ3) is 19.8. The Hall–Kier alpha value is -12.8. The maximum atomic E-state index is 14.0. The number of Topliss-reactive ketones (excluding diaryl/α,β-unsaturated/α-hetero) is 2. The molecule has 13 aromatic heterocycles. The molecule has 0 amide bonds. The molecule has 131 heavy (non-hydrogen) atoms. The van der Waals surface area contributed by atoms with Gasteiger partial charge in [0.2, 0.25) is 0 Å². The van der Waals surface area contributed by atoms with Crippen molar-refractivity contribution in [1.29, 1.82) is 0 Å². The summed E-state index contributed by atoms with van der Waals surface area (Å²) in [7, 11) is 0. The van der Waals surface area contributed by atoms with Gasteiger partial charge in [-0.2, -0.15) is 58.2 Å². The summed E-state index contributed by atoms with van der Waals surface area (Å²) in [4.78, 5) is 82.7. The van der Waals surface area contributed by atoms with Gasteiger partial charge in [-0.05, 0) is 202 Å². The van der Waals surface area contributed by atoms with Crippen LogP contribution in [0.15, 0.2) is 185 Å². The number of nitrogens with zero attached hydrogens (tertiary/aromatic N) is 16. The van der Waals surface area contributed by atoms with Crippen LogP contribution in [0, 0.1) is 23.7 Å². The molecule has 4 aliphatic rings. The summed E-state index contributed by atoms with van der Waals surface area (Å²) >= 11 is 8.01. The van der Waals surface area contributed by atoms with Gasteiger partial charge in [-0.1, -0.05) is 67.9 Å². The number of aromatic nitrogens is 16. The maximum Gasteiger partial charge on any atom is 0.338 e. The van der Waals surface area contributed by atoms with Crippen LogP contribution in [-0.2, 0) is 32.5 Å². The Morgan fingerprint density at radius 3 is 1.27 bits per heavy atom. The second-order valence-corrected chi connectivity index (χ2v) is 36.1. The predicted molar refractivity (Wildman–Crippen MR) is 502 cm³/mol. The van der Waals surface area contributed by atoms with Crippen molar-refractivity contribution in [3.05, 3.63) is 219 Å². The van der Waals surface area contributed by atoms with Gasteiger partial charge in [0.05, 0.1) is 91.5 Å². The number of rotatable bonds is 21. The first-order valence-corrected chi connectivity index (χ1v) is 46.6. The van der Waals surface area contributed by atoms with Crippen molar-refractivity contribution >= 4 is 130 Å². The molecule has 0 spiro atoms. The number of carboxylic acid groups (broad SMARTS) is 3. The molecule has 2 unspecified atom stereocenters. The molecule has 0 bridgehead atoms. The number of carboxylic acids is 3. The number of carbonyl (C=O) groups excluding carboxylic acids is 2. The summed E-state index contributed by atoms with van der Waals surface area (Å²) in [6.45, 7) is 5.87. The molecule has 2 atom stereocenters. The lowest BCUT2D eigenvalue weighted by Crippen LogP contribution is -2.28. The number of nitrogens with two attached hydrogens (primary N) is 4. The summed E-state index contributed by atoms with van der Waals surface area (Å²) in [6.07, 6.45) is 29.8. The average molecular weight is 1950 g/mol.